The normalized spacial score (nSPS) is 10.0. The lowest BCUT2D eigenvalue weighted by Crippen LogP contribution is -2.03. The van der Waals surface area contributed by atoms with Gasteiger partial charge in [-0.2, -0.15) is 5.26 Å². The number of nitriles is 1. The predicted molar refractivity (Wildman–Crippen MR) is 67.3 cm³/mol. The first-order chi connectivity index (χ1) is 9.11. The van der Waals surface area contributed by atoms with E-state index >= 15 is 0 Å². The van der Waals surface area contributed by atoms with Gasteiger partial charge in [0.1, 0.15) is 17.3 Å². The minimum Gasteiger partial charge on any atom is -0.473 e. The lowest BCUT2D eigenvalue weighted by Gasteiger charge is -2.07. The van der Waals surface area contributed by atoms with Gasteiger partial charge in [0.15, 0.2) is 11.6 Å². The van der Waals surface area contributed by atoms with Crippen LogP contribution in [0.3, 0.4) is 0 Å². The highest BCUT2D eigenvalue weighted by molar-refractivity contribution is 9.10. The van der Waals surface area contributed by atoms with Crippen molar-refractivity contribution in [3.8, 4) is 11.9 Å². The van der Waals surface area contributed by atoms with Crippen molar-refractivity contribution in [2.24, 2.45) is 0 Å². The third-order valence-electron chi connectivity index (χ3n) is 2.35. The molecule has 19 heavy (non-hydrogen) atoms. The minimum absolute atomic E-state index is 0.0262. The van der Waals surface area contributed by atoms with Crippen molar-refractivity contribution in [2.75, 3.05) is 0 Å². The topological polar surface area (TPSA) is 45.9 Å². The zero-order chi connectivity index (χ0) is 13.8. The van der Waals surface area contributed by atoms with Gasteiger partial charge in [-0.1, -0.05) is 12.1 Å². The molecule has 2 rings (SSSR count). The number of ether oxygens (including phenoxy) is 1. The van der Waals surface area contributed by atoms with Crippen molar-refractivity contribution >= 4 is 15.9 Å². The summed E-state index contributed by atoms with van der Waals surface area (Å²) < 4.78 is 32.8. The predicted octanol–water partition coefficient (Wildman–Crippen LogP) is 3.57. The molecule has 1 aromatic heterocycles. The monoisotopic (exact) mass is 324 g/mol. The van der Waals surface area contributed by atoms with Crippen LogP contribution >= 0.6 is 15.9 Å². The average Bonchev–Trinajstić information content (AvgIpc) is 2.41. The molecular weight excluding hydrogens is 318 g/mol. The molecule has 0 atom stereocenters. The molecular formula is C13H7BrF2N2O. The Bertz CT molecular complexity index is 656. The van der Waals surface area contributed by atoms with Gasteiger partial charge in [-0.25, -0.2) is 13.8 Å². The molecule has 0 saturated heterocycles. The first kappa shape index (κ1) is 13.4. The summed E-state index contributed by atoms with van der Waals surface area (Å²) in [5.41, 5.74) is -0.305. The first-order valence-corrected chi connectivity index (χ1v) is 6.03. The van der Waals surface area contributed by atoms with Crippen LogP contribution in [0, 0.1) is 23.0 Å². The number of halogens is 3. The fourth-order valence-corrected chi connectivity index (χ4v) is 1.74. The second-order valence-electron chi connectivity index (χ2n) is 3.60. The van der Waals surface area contributed by atoms with E-state index in [9.17, 15) is 8.78 Å². The summed E-state index contributed by atoms with van der Waals surface area (Å²) in [6.07, 6.45) is 0. The Morgan fingerprint density at radius 2 is 2.00 bits per heavy atom. The van der Waals surface area contributed by atoms with Gasteiger partial charge in [-0.15, -0.1) is 0 Å². The van der Waals surface area contributed by atoms with E-state index in [1.165, 1.54) is 12.1 Å². The number of pyridine rings is 1. The lowest BCUT2D eigenvalue weighted by molar-refractivity contribution is 0.285. The maximum absolute atomic E-state index is 13.6. The highest BCUT2D eigenvalue weighted by atomic mass is 79.9. The summed E-state index contributed by atoms with van der Waals surface area (Å²) in [5.74, 6) is -1.95. The van der Waals surface area contributed by atoms with Crippen molar-refractivity contribution in [3.63, 3.8) is 0 Å². The molecule has 0 bridgehead atoms. The van der Waals surface area contributed by atoms with Gasteiger partial charge in [-0.05, 0) is 28.1 Å². The lowest BCUT2D eigenvalue weighted by atomic mass is 10.1. The highest BCUT2D eigenvalue weighted by Crippen LogP contribution is 2.18. The molecule has 0 fully saturated rings. The average molecular weight is 325 g/mol. The SMILES string of the molecule is N#Cc1ccc(COc2cccc(Br)n2)c(F)c1F. The largest absolute Gasteiger partial charge is 0.473 e. The standard InChI is InChI=1S/C13H7BrF2N2O/c14-10-2-1-3-11(18-10)19-7-9-5-4-8(6-17)12(15)13(9)16/h1-5H,7H2. The maximum atomic E-state index is 13.6. The third kappa shape index (κ3) is 3.06. The van der Waals surface area contributed by atoms with Crippen LogP contribution in [0.15, 0.2) is 34.9 Å². The van der Waals surface area contributed by atoms with Gasteiger partial charge in [0, 0.05) is 11.6 Å². The van der Waals surface area contributed by atoms with Crippen LogP contribution < -0.4 is 4.74 Å². The minimum atomic E-state index is -1.16. The summed E-state index contributed by atoms with van der Waals surface area (Å²) >= 11 is 3.17. The van der Waals surface area contributed by atoms with Crippen LogP contribution in [-0.4, -0.2) is 4.98 Å². The molecule has 0 radical (unpaired) electrons. The van der Waals surface area contributed by atoms with Crippen molar-refractivity contribution in [1.29, 1.82) is 5.26 Å². The van der Waals surface area contributed by atoms with E-state index in [2.05, 4.69) is 20.9 Å². The van der Waals surface area contributed by atoms with Gasteiger partial charge >= 0.3 is 0 Å². The van der Waals surface area contributed by atoms with Crippen LogP contribution in [0.4, 0.5) is 8.78 Å². The quantitative estimate of drug-likeness (QED) is 0.811. The van der Waals surface area contributed by atoms with E-state index in [-0.39, 0.29) is 17.7 Å². The number of hydrogen-bond donors (Lipinski definition) is 0. The van der Waals surface area contributed by atoms with E-state index in [1.807, 2.05) is 0 Å². The second kappa shape index (κ2) is 5.76. The molecule has 0 unspecified atom stereocenters. The van der Waals surface area contributed by atoms with Gasteiger partial charge in [0.05, 0.1) is 5.56 Å². The molecule has 96 valence electrons. The fraction of sp³-hybridized carbons (Fsp3) is 0.0769. The second-order valence-corrected chi connectivity index (χ2v) is 4.41. The Balaban J connectivity index is 2.17. The van der Waals surface area contributed by atoms with E-state index in [0.717, 1.165) is 0 Å². The van der Waals surface area contributed by atoms with Gasteiger partial charge in [0.2, 0.25) is 5.88 Å². The fourth-order valence-electron chi connectivity index (χ4n) is 1.41. The Morgan fingerprint density at radius 3 is 2.68 bits per heavy atom. The molecule has 1 aromatic carbocycles. The number of rotatable bonds is 3. The summed E-state index contributed by atoms with van der Waals surface area (Å²) in [6, 6.07) is 9.13. The third-order valence-corrected chi connectivity index (χ3v) is 2.79. The maximum Gasteiger partial charge on any atom is 0.214 e. The van der Waals surface area contributed by atoms with Crippen molar-refractivity contribution < 1.29 is 13.5 Å². The summed E-state index contributed by atoms with van der Waals surface area (Å²) in [4.78, 5) is 4.00. The Labute approximate surface area is 116 Å². The molecule has 1 heterocycles. The first-order valence-electron chi connectivity index (χ1n) is 5.24. The highest BCUT2D eigenvalue weighted by Gasteiger charge is 2.13. The number of nitrogens with zero attached hydrogens (tertiary/aromatic N) is 2. The van der Waals surface area contributed by atoms with E-state index in [1.54, 1.807) is 24.3 Å². The molecule has 3 nitrogen and oxygen atoms in total. The van der Waals surface area contributed by atoms with Gasteiger partial charge < -0.3 is 4.74 Å². The van der Waals surface area contributed by atoms with Crippen molar-refractivity contribution in [1.82, 2.24) is 4.98 Å². The molecule has 6 heteroatoms. The smallest absolute Gasteiger partial charge is 0.214 e. The van der Waals surface area contributed by atoms with E-state index in [0.29, 0.717) is 10.5 Å². The van der Waals surface area contributed by atoms with Crippen LogP contribution in [-0.2, 0) is 6.61 Å². The molecule has 0 aliphatic carbocycles. The van der Waals surface area contributed by atoms with Crippen molar-refractivity contribution in [2.45, 2.75) is 6.61 Å². The number of benzene rings is 1. The molecule has 0 amide bonds. The Morgan fingerprint density at radius 1 is 1.21 bits per heavy atom. The van der Waals surface area contributed by atoms with Crippen LogP contribution in [0.5, 0.6) is 5.88 Å². The van der Waals surface area contributed by atoms with Gasteiger partial charge in [0.25, 0.3) is 0 Å². The molecule has 0 aliphatic heterocycles. The van der Waals surface area contributed by atoms with Gasteiger partial charge in [-0.3, -0.25) is 0 Å². The summed E-state index contributed by atoms with van der Waals surface area (Å²) in [6.45, 7) is -0.169. The number of hydrogen-bond acceptors (Lipinski definition) is 3. The van der Waals surface area contributed by atoms with Crippen molar-refractivity contribution in [3.05, 3.63) is 57.7 Å². The zero-order valence-electron chi connectivity index (χ0n) is 9.53. The molecule has 0 aliphatic rings. The molecule has 0 saturated carbocycles. The summed E-state index contributed by atoms with van der Waals surface area (Å²) in [7, 11) is 0. The molecule has 0 N–H and O–H groups in total. The zero-order valence-corrected chi connectivity index (χ0v) is 11.1. The van der Waals surface area contributed by atoms with Crippen LogP contribution in [0.1, 0.15) is 11.1 Å². The summed E-state index contributed by atoms with van der Waals surface area (Å²) in [5, 5.41) is 8.57. The molecule has 0 spiro atoms. The van der Waals surface area contributed by atoms with E-state index < -0.39 is 11.6 Å². The Kier molecular flexibility index (Phi) is 4.07. The molecule has 2 aromatic rings. The van der Waals surface area contributed by atoms with E-state index in [4.69, 9.17) is 10.00 Å². The Hall–Kier alpha value is -2.00. The van der Waals surface area contributed by atoms with Crippen LogP contribution in [0.25, 0.3) is 0 Å². The number of aromatic nitrogens is 1. The van der Waals surface area contributed by atoms with Crippen LogP contribution in [0.2, 0.25) is 0 Å².